The molecule has 18 heavy (non-hydrogen) atoms. The van der Waals surface area contributed by atoms with E-state index < -0.39 is 0 Å². The fraction of sp³-hybridized carbons (Fsp3) is 0.133. The zero-order valence-corrected chi connectivity index (χ0v) is 12.5. The van der Waals surface area contributed by atoms with E-state index >= 15 is 0 Å². The molecule has 0 aromatic heterocycles. The molecule has 0 radical (unpaired) electrons. The van der Waals surface area contributed by atoms with Crippen LogP contribution >= 0.6 is 22.6 Å². The van der Waals surface area contributed by atoms with Crippen molar-refractivity contribution in [3.05, 3.63) is 56.7 Å². The van der Waals surface area contributed by atoms with E-state index in [0.29, 0.717) is 5.75 Å². The normalized spacial score (nSPS) is 11.1. The van der Waals surface area contributed by atoms with Crippen LogP contribution in [0.2, 0.25) is 0 Å². The van der Waals surface area contributed by atoms with Crippen LogP contribution in [0.15, 0.2) is 41.4 Å². The quantitative estimate of drug-likeness (QED) is 0.633. The number of aryl methyl sites for hydroxylation is 2. The van der Waals surface area contributed by atoms with E-state index in [1.807, 2.05) is 50.2 Å². The number of phenolic OH excluding ortho intramolecular Hbond substituents is 1. The minimum Gasteiger partial charge on any atom is -0.507 e. The molecule has 0 atom stereocenters. The van der Waals surface area contributed by atoms with Crippen LogP contribution < -0.4 is 0 Å². The third kappa shape index (κ3) is 3.10. The van der Waals surface area contributed by atoms with Gasteiger partial charge in [0.05, 0.1) is 5.69 Å². The summed E-state index contributed by atoms with van der Waals surface area (Å²) in [5, 5.41) is 9.96. The third-order valence-electron chi connectivity index (χ3n) is 2.65. The summed E-state index contributed by atoms with van der Waals surface area (Å²) in [5.41, 5.74) is 3.69. The van der Waals surface area contributed by atoms with Gasteiger partial charge >= 0.3 is 0 Å². The van der Waals surface area contributed by atoms with Crippen LogP contribution in [0.4, 0.5) is 5.69 Å². The maximum atomic E-state index is 9.96. The van der Waals surface area contributed by atoms with Gasteiger partial charge in [0.1, 0.15) is 5.75 Å². The lowest BCUT2D eigenvalue weighted by Gasteiger charge is -2.04. The summed E-state index contributed by atoms with van der Waals surface area (Å²) in [4.78, 5) is 4.39. The SMILES string of the molecule is Cc1cccc(/N=C/c2cc(I)cc(C)c2O)c1. The molecule has 3 heteroatoms. The van der Waals surface area contributed by atoms with Crippen LogP contribution in [0.25, 0.3) is 0 Å². The zero-order valence-electron chi connectivity index (χ0n) is 10.3. The van der Waals surface area contributed by atoms with Gasteiger partial charge in [-0.15, -0.1) is 0 Å². The zero-order chi connectivity index (χ0) is 13.1. The van der Waals surface area contributed by atoms with Gasteiger partial charge in [-0.2, -0.15) is 0 Å². The van der Waals surface area contributed by atoms with Crippen LogP contribution in [-0.2, 0) is 0 Å². The van der Waals surface area contributed by atoms with Crippen molar-refractivity contribution in [2.24, 2.45) is 4.99 Å². The molecule has 0 saturated heterocycles. The molecule has 0 aliphatic carbocycles. The van der Waals surface area contributed by atoms with E-state index in [0.717, 1.165) is 20.4 Å². The molecule has 0 fully saturated rings. The van der Waals surface area contributed by atoms with Gasteiger partial charge in [-0.3, -0.25) is 4.99 Å². The first-order chi connectivity index (χ1) is 8.56. The van der Waals surface area contributed by atoms with Crippen molar-refractivity contribution < 1.29 is 5.11 Å². The molecular weight excluding hydrogens is 337 g/mol. The third-order valence-corrected chi connectivity index (χ3v) is 3.27. The highest BCUT2D eigenvalue weighted by Crippen LogP contribution is 2.24. The molecule has 2 nitrogen and oxygen atoms in total. The number of nitrogens with zero attached hydrogens (tertiary/aromatic N) is 1. The summed E-state index contributed by atoms with van der Waals surface area (Å²) >= 11 is 2.23. The monoisotopic (exact) mass is 351 g/mol. The molecule has 0 amide bonds. The van der Waals surface area contributed by atoms with Crippen molar-refractivity contribution in [3.8, 4) is 5.75 Å². The number of hydrogen-bond donors (Lipinski definition) is 1. The maximum Gasteiger partial charge on any atom is 0.127 e. The van der Waals surface area contributed by atoms with Gasteiger partial charge in [0, 0.05) is 15.3 Å². The average Bonchev–Trinajstić information content (AvgIpc) is 2.32. The Morgan fingerprint density at radius 3 is 2.67 bits per heavy atom. The highest BCUT2D eigenvalue weighted by Gasteiger charge is 2.03. The van der Waals surface area contributed by atoms with Crippen molar-refractivity contribution in [1.29, 1.82) is 0 Å². The topological polar surface area (TPSA) is 32.6 Å². The number of aromatic hydroxyl groups is 1. The lowest BCUT2D eigenvalue weighted by atomic mass is 10.1. The lowest BCUT2D eigenvalue weighted by Crippen LogP contribution is -1.87. The van der Waals surface area contributed by atoms with Gasteiger partial charge < -0.3 is 5.11 Å². The molecule has 1 N–H and O–H groups in total. The van der Waals surface area contributed by atoms with Crippen LogP contribution in [0.1, 0.15) is 16.7 Å². The first-order valence-electron chi connectivity index (χ1n) is 5.66. The Morgan fingerprint density at radius 1 is 1.17 bits per heavy atom. The number of aliphatic imine (C=N–C) groups is 1. The molecule has 0 bridgehead atoms. The minimum atomic E-state index is 0.298. The van der Waals surface area contributed by atoms with E-state index in [-0.39, 0.29) is 0 Å². The first kappa shape index (κ1) is 13.1. The van der Waals surface area contributed by atoms with E-state index in [9.17, 15) is 5.11 Å². The summed E-state index contributed by atoms with van der Waals surface area (Å²) in [7, 11) is 0. The van der Waals surface area contributed by atoms with E-state index in [4.69, 9.17) is 0 Å². The predicted octanol–water partition coefficient (Wildman–Crippen LogP) is 4.36. The molecule has 2 rings (SSSR count). The van der Waals surface area contributed by atoms with Crippen LogP contribution in [-0.4, -0.2) is 11.3 Å². The van der Waals surface area contributed by atoms with Crippen LogP contribution in [0.3, 0.4) is 0 Å². The summed E-state index contributed by atoms with van der Waals surface area (Å²) in [6.07, 6.45) is 1.71. The van der Waals surface area contributed by atoms with Crippen molar-refractivity contribution in [3.63, 3.8) is 0 Å². The van der Waals surface area contributed by atoms with Crippen LogP contribution in [0.5, 0.6) is 5.75 Å². The largest absolute Gasteiger partial charge is 0.507 e. The van der Waals surface area contributed by atoms with Crippen molar-refractivity contribution >= 4 is 34.5 Å². The summed E-state index contributed by atoms with van der Waals surface area (Å²) in [5.74, 6) is 0.298. The summed E-state index contributed by atoms with van der Waals surface area (Å²) in [6.45, 7) is 3.92. The number of halogens is 1. The number of phenols is 1. The second-order valence-corrected chi connectivity index (χ2v) is 5.50. The Hall–Kier alpha value is -1.36. The lowest BCUT2D eigenvalue weighted by molar-refractivity contribution is 0.470. The fourth-order valence-corrected chi connectivity index (χ4v) is 2.51. The highest BCUT2D eigenvalue weighted by atomic mass is 127. The summed E-state index contributed by atoms with van der Waals surface area (Å²) < 4.78 is 1.09. The molecule has 0 heterocycles. The first-order valence-corrected chi connectivity index (χ1v) is 6.74. The molecular formula is C15H14INO. The molecule has 2 aromatic rings. The van der Waals surface area contributed by atoms with E-state index in [1.54, 1.807) is 6.21 Å². The smallest absolute Gasteiger partial charge is 0.127 e. The predicted molar refractivity (Wildman–Crippen MR) is 84.0 cm³/mol. The van der Waals surface area contributed by atoms with Crippen LogP contribution in [0, 0.1) is 17.4 Å². The van der Waals surface area contributed by atoms with Crippen molar-refractivity contribution in [2.75, 3.05) is 0 Å². The Labute approximate surface area is 121 Å². The Kier molecular flexibility index (Phi) is 4.01. The maximum absolute atomic E-state index is 9.96. The molecule has 2 aromatic carbocycles. The number of hydrogen-bond acceptors (Lipinski definition) is 2. The minimum absolute atomic E-state index is 0.298. The second kappa shape index (κ2) is 5.52. The molecule has 0 unspecified atom stereocenters. The van der Waals surface area contributed by atoms with Gasteiger partial charge in [-0.25, -0.2) is 0 Å². The highest BCUT2D eigenvalue weighted by molar-refractivity contribution is 14.1. The van der Waals surface area contributed by atoms with Crippen molar-refractivity contribution in [1.82, 2.24) is 0 Å². The molecule has 0 saturated carbocycles. The Balaban J connectivity index is 2.34. The van der Waals surface area contributed by atoms with Gasteiger partial charge in [0.15, 0.2) is 0 Å². The Bertz CT molecular complexity index is 605. The second-order valence-electron chi connectivity index (χ2n) is 4.26. The summed E-state index contributed by atoms with van der Waals surface area (Å²) in [6, 6.07) is 11.8. The van der Waals surface area contributed by atoms with E-state index in [1.165, 1.54) is 5.56 Å². The van der Waals surface area contributed by atoms with E-state index in [2.05, 4.69) is 27.6 Å². The molecule has 0 aliphatic rings. The average molecular weight is 351 g/mol. The number of benzene rings is 2. The fourth-order valence-electron chi connectivity index (χ4n) is 1.71. The molecule has 0 aliphatic heterocycles. The van der Waals surface area contributed by atoms with Gasteiger partial charge in [0.2, 0.25) is 0 Å². The Morgan fingerprint density at radius 2 is 1.94 bits per heavy atom. The molecule has 92 valence electrons. The number of rotatable bonds is 2. The standard InChI is InChI=1S/C15H14INO/c1-10-4-3-5-14(6-10)17-9-12-8-13(16)7-11(2)15(12)18/h3-9,18H,1-2H3/b17-9+. The van der Waals surface area contributed by atoms with Gasteiger partial charge in [-0.05, 0) is 71.8 Å². The van der Waals surface area contributed by atoms with Gasteiger partial charge in [-0.1, -0.05) is 12.1 Å². The molecule has 0 spiro atoms. The van der Waals surface area contributed by atoms with Gasteiger partial charge in [0.25, 0.3) is 0 Å². The van der Waals surface area contributed by atoms with Crippen molar-refractivity contribution in [2.45, 2.75) is 13.8 Å².